The molecule has 1 fully saturated rings. The van der Waals surface area contributed by atoms with Crippen LogP contribution < -0.4 is 5.32 Å². The van der Waals surface area contributed by atoms with E-state index in [0.29, 0.717) is 5.92 Å². The zero-order valence-corrected chi connectivity index (χ0v) is 9.49. The Labute approximate surface area is 90.4 Å². The molecule has 0 aromatic carbocycles. The van der Waals surface area contributed by atoms with Crippen LogP contribution in [0.1, 0.15) is 50.9 Å². The highest BCUT2D eigenvalue weighted by atomic mass is 16.5. The molecule has 1 saturated heterocycles. The van der Waals surface area contributed by atoms with E-state index in [0.717, 1.165) is 31.1 Å². The van der Waals surface area contributed by atoms with E-state index in [1.54, 1.807) is 0 Å². The summed E-state index contributed by atoms with van der Waals surface area (Å²) in [5.74, 6) is 2.19. The molecule has 0 aliphatic carbocycles. The Morgan fingerprint density at radius 2 is 2.33 bits per heavy atom. The SMILES string of the molecule is CC(C)Cc1noc([C@@H]2CCCCN2)n1. The molecule has 4 nitrogen and oxygen atoms in total. The van der Waals surface area contributed by atoms with E-state index in [4.69, 9.17) is 4.52 Å². The van der Waals surface area contributed by atoms with Crippen molar-refractivity contribution in [1.29, 1.82) is 0 Å². The lowest BCUT2D eigenvalue weighted by Crippen LogP contribution is -2.27. The van der Waals surface area contributed by atoms with E-state index in [1.165, 1.54) is 12.8 Å². The second-order valence-corrected chi connectivity index (χ2v) is 4.65. The molecule has 1 aromatic rings. The number of nitrogens with zero attached hydrogens (tertiary/aromatic N) is 2. The average molecular weight is 209 g/mol. The summed E-state index contributed by atoms with van der Waals surface area (Å²) in [6.45, 7) is 5.39. The standard InChI is InChI=1S/C11H19N3O/c1-8(2)7-10-13-11(15-14-10)9-5-3-4-6-12-9/h8-9,12H,3-7H2,1-2H3/t9-/m0/s1. The number of hydrogen-bond acceptors (Lipinski definition) is 4. The molecule has 4 heteroatoms. The monoisotopic (exact) mass is 209 g/mol. The highest BCUT2D eigenvalue weighted by Crippen LogP contribution is 2.21. The Morgan fingerprint density at radius 1 is 1.47 bits per heavy atom. The maximum absolute atomic E-state index is 5.28. The molecule has 15 heavy (non-hydrogen) atoms. The van der Waals surface area contributed by atoms with E-state index in [2.05, 4.69) is 29.3 Å². The van der Waals surface area contributed by atoms with E-state index in [1.807, 2.05) is 0 Å². The van der Waals surface area contributed by atoms with Gasteiger partial charge in [0.25, 0.3) is 0 Å². The van der Waals surface area contributed by atoms with E-state index >= 15 is 0 Å². The van der Waals surface area contributed by atoms with Crippen LogP contribution in [0.5, 0.6) is 0 Å². The zero-order chi connectivity index (χ0) is 10.7. The van der Waals surface area contributed by atoms with Gasteiger partial charge in [0.05, 0.1) is 6.04 Å². The molecule has 1 aromatic heterocycles. The second-order valence-electron chi connectivity index (χ2n) is 4.65. The van der Waals surface area contributed by atoms with Crippen molar-refractivity contribution in [1.82, 2.24) is 15.5 Å². The number of aromatic nitrogens is 2. The molecule has 84 valence electrons. The number of nitrogens with one attached hydrogen (secondary N) is 1. The fourth-order valence-electron chi connectivity index (χ4n) is 1.92. The van der Waals surface area contributed by atoms with Crippen LogP contribution in [0, 0.1) is 5.92 Å². The summed E-state index contributed by atoms with van der Waals surface area (Å²) in [7, 11) is 0. The van der Waals surface area contributed by atoms with Gasteiger partial charge in [0.15, 0.2) is 5.82 Å². The van der Waals surface area contributed by atoms with Gasteiger partial charge >= 0.3 is 0 Å². The Balaban J connectivity index is 1.99. The van der Waals surface area contributed by atoms with Crippen LogP contribution in [0.3, 0.4) is 0 Å². The predicted octanol–water partition coefficient (Wildman–Crippen LogP) is 2.08. The Kier molecular flexibility index (Phi) is 3.36. The quantitative estimate of drug-likeness (QED) is 0.828. The van der Waals surface area contributed by atoms with E-state index < -0.39 is 0 Å². The average Bonchev–Trinajstić information content (AvgIpc) is 2.67. The van der Waals surface area contributed by atoms with Crippen molar-refractivity contribution in [3.05, 3.63) is 11.7 Å². The Hall–Kier alpha value is -0.900. The van der Waals surface area contributed by atoms with E-state index in [-0.39, 0.29) is 6.04 Å². The summed E-state index contributed by atoms with van der Waals surface area (Å²) in [5.41, 5.74) is 0. The first kappa shape index (κ1) is 10.6. The minimum atomic E-state index is 0.284. The van der Waals surface area contributed by atoms with Gasteiger partial charge in [-0.2, -0.15) is 4.98 Å². The Morgan fingerprint density at radius 3 is 3.00 bits per heavy atom. The fraction of sp³-hybridized carbons (Fsp3) is 0.818. The van der Waals surface area contributed by atoms with Gasteiger partial charge in [0, 0.05) is 6.42 Å². The summed E-state index contributed by atoms with van der Waals surface area (Å²) < 4.78 is 5.28. The molecule has 0 saturated carbocycles. The number of piperidine rings is 1. The van der Waals surface area contributed by atoms with Crippen molar-refractivity contribution >= 4 is 0 Å². The van der Waals surface area contributed by atoms with Gasteiger partial charge in [-0.05, 0) is 25.3 Å². The van der Waals surface area contributed by atoms with Crippen LogP contribution in [-0.2, 0) is 6.42 Å². The van der Waals surface area contributed by atoms with Crippen molar-refractivity contribution < 1.29 is 4.52 Å². The summed E-state index contributed by atoms with van der Waals surface area (Å²) in [5, 5.41) is 7.41. The molecule has 1 N–H and O–H groups in total. The van der Waals surface area contributed by atoms with Crippen molar-refractivity contribution in [2.45, 2.75) is 45.6 Å². The maximum atomic E-state index is 5.28. The van der Waals surface area contributed by atoms with Crippen LogP contribution in [0.2, 0.25) is 0 Å². The van der Waals surface area contributed by atoms with Crippen LogP contribution in [0.4, 0.5) is 0 Å². The predicted molar refractivity (Wildman–Crippen MR) is 57.4 cm³/mol. The molecule has 0 bridgehead atoms. The third kappa shape index (κ3) is 2.78. The van der Waals surface area contributed by atoms with Crippen LogP contribution in [0.15, 0.2) is 4.52 Å². The van der Waals surface area contributed by atoms with Gasteiger partial charge in [0.2, 0.25) is 5.89 Å². The number of rotatable bonds is 3. The largest absolute Gasteiger partial charge is 0.338 e. The van der Waals surface area contributed by atoms with Crippen LogP contribution in [0.25, 0.3) is 0 Å². The zero-order valence-electron chi connectivity index (χ0n) is 9.49. The molecular weight excluding hydrogens is 190 g/mol. The molecular formula is C11H19N3O. The lowest BCUT2D eigenvalue weighted by Gasteiger charge is -2.19. The molecule has 2 heterocycles. The number of hydrogen-bond donors (Lipinski definition) is 1. The topological polar surface area (TPSA) is 51.0 Å². The summed E-state index contributed by atoms with van der Waals surface area (Å²) in [6.07, 6.45) is 4.52. The van der Waals surface area contributed by atoms with Crippen LogP contribution in [-0.4, -0.2) is 16.7 Å². The first-order chi connectivity index (χ1) is 7.25. The van der Waals surface area contributed by atoms with Crippen molar-refractivity contribution in [2.75, 3.05) is 6.54 Å². The molecule has 1 atom stereocenters. The summed E-state index contributed by atoms with van der Waals surface area (Å²) >= 11 is 0. The molecule has 0 amide bonds. The molecule has 0 unspecified atom stereocenters. The Bertz CT molecular complexity index is 303. The van der Waals surface area contributed by atoms with Gasteiger partial charge in [-0.15, -0.1) is 0 Å². The molecule has 0 spiro atoms. The first-order valence-corrected chi connectivity index (χ1v) is 5.81. The maximum Gasteiger partial charge on any atom is 0.243 e. The molecule has 1 aliphatic heterocycles. The first-order valence-electron chi connectivity index (χ1n) is 5.81. The van der Waals surface area contributed by atoms with Gasteiger partial charge in [0.1, 0.15) is 0 Å². The van der Waals surface area contributed by atoms with Gasteiger partial charge in [-0.25, -0.2) is 0 Å². The minimum Gasteiger partial charge on any atom is -0.338 e. The highest BCUT2D eigenvalue weighted by molar-refractivity contribution is 4.94. The van der Waals surface area contributed by atoms with Gasteiger partial charge in [-0.1, -0.05) is 25.4 Å². The fourth-order valence-corrected chi connectivity index (χ4v) is 1.92. The lowest BCUT2D eigenvalue weighted by molar-refractivity contribution is 0.295. The normalized spacial score (nSPS) is 22.2. The highest BCUT2D eigenvalue weighted by Gasteiger charge is 2.20. The lowest BCUT2D eigenvalue weighted by atomic mass is 10.1. The van der Waals surface area contributed by atoms with Crippen molar-refractivity contribution in [2.24, 2.45) is 5.92 Å². The van der Waals surface area contributed by atoms with Gasteiger partial charge in [-0.3, -0.25) is 0 Å². The molecule has 2 rings (SSSR count). The molecule has 1 aliphatic rings. The minimum absolute atomic E-state index is 0.284. The van der Waals surface area contributed by atoms with Gasteiger partial charge < -0.3 is 9.84 Å². The van der Waals surface area contributed by atoms with Crippen molar-refractivity contribution in [3.8, 4) is 0 Å². The van der Waals surface area contributed by atoms with Crippen molar-refractivity contribution in [3.63, 3.8) is 0 Å². The second kappa shape index (κ2) is 4.75. The third-order valence-electron chi connectivity index (χ3n) is 2.68. The summed E-state index contributed by atoms with van der Waals surface area (Å²) in [4.78, 5) is 4.43. The smallest absolute Gasteiger partial charge is 0.243 e. The third-order valence-corrected chi connectivity index (χ3v) is 2.68. The van der Waals surface area contributed by atoms with E-state index in [9.17, 15) is 0 Å². The summed E-state index contributed by atoms with van der Waals surface area (Å²) in [6, 6.07) is 0.284. The molecule has 0 radical (unpaired) electrons. The van der Waals surface area contributed by atoms with Crippen LogP contribution >= 0.6 is 0 Å².